The standard InChI is InChI=1S/C14H10Br2N2OS2/c1-2-18(13(19)11-7-8(15)12(16)20-11)14-17-9-5-3-4-6-10(9)21-14/h3-7H,2H2,1H3. The van der Waals surface area contributed by atoms with E-state index in [0.717, 1.165) is 23.6 Å². The number of thiazole rings is 1. The Bertz CT molecular complexity index is 760. The number of hydrogen-bond donors (Lipinski definition) is 0. The molecule has 0 spiro atoms. The SMILES string of the molecule is CCN(C(=O)c1cc(Br)c(Br)s1)c1nc2ccccc2s1. The Morgan fingerprint density at radius 2 is 2.05 bits per heavy atom. The lowest BCUT2D eigenvalue weighted by Crippen LogP contribution is -2.29. The zero-order valence-corrected chi connectivity index (χ0v) is 15.8. The van der Waals surface area contributed by atoms with Crippen LogP contribution in [0.3, 0.4) is 0 Å². The third-order valence-electron chi connectivity index (χ3n) is 2.93. The van der Waals surface area contributed by atoms with E-state index >= 15 is 0 Å². The maximum atomic E-state index is 12.7. The molecule has 0 N–H and O–H groups in total. The number of thiophene rings is 1. The van der Waals surface area contributed by atoms with E-state index in [-0.39, 0.29) is 5.91 Å². The van der Waals surface area contributed by atoms with Crippen molar-refractivity contribution < 1.29 is 4.79 Å². The molecule has 3 rings (SSSR count). The fourth-order valence-corrected chi connectivity index (χ4v) is 4.94. The Balaban J connectivity index is 1.99. The van der Waals surface area contributed by atoms with Crippen LogP contribution in [0.5, 0.6) is 0 Å². The smallest absolute Gasteiger partial charge is 0.270 e. The molecule has 0 radical (unpaired) electrons. The number of carbonyl (C=O) groups is 1. The minimum atomic E-state index is -0.0204. The molecule has 1 aromatic carbocycles. The number of rotatable bonds is 3. The van der Waals surface area contributed by atoms with Crippen molar-refractivity contribution in [2.75, 3.05) is 11.4 Å². The quantitative estimate of drug-likeness (QED) is 0.529. The highest BCUT2D eigenvalue weighted by molar-refractivity contribution is 9.13. The van der Waals surface area contributed by atoms with E-state index in [0.29, 0.717) is 11.4 Å². The summed E-state index contributed by atoms with van der Waals surface area (Å²) in [6, 6.07) is 9.76. The van der Waals surface area contributed by atoms with Crippen LogP contribution in [-0.4, -0.2) is 17.4 Å². The molecule has 7 heteroatoms. The van der Waals surface area contributed by atoms with Gasteiger partial charge in [0.1, 0.15) is 0 Å². The van der Waals surface area contributed by atoms with E-state index in [2.05, 4.69) is 36.8 Å². The molecular formula is C14H10Br2N2OS2. The summed E-state index contributed by atoms with van der Waals surface area (Å²) in [4.78, 5) is 19.7. The van der Waals surface area contributed by atoms with Crippen LogP contribution in [-0.2, 0) is 0 Å². The van der Waals surface area contributed by atoms with Gasteiger partial charge in [0.15, 0.2) is 5.13 Å². The first kappa shape index (κ1) is 15.1. The van der Waals surface area contributed by atoms with E-state index in [9.17, 15) is 4.79 Å². The highest BCUT2D eigenvalue weighted by Crippen LogP contribution is 2.35. The lowest BCUT2D eigenvalue weighted by atomic mass is 10.3. The fraction of sp³-hybridized carbons (Fsp3) is 0.143. The Hall–Kier alpha value is -0.760. The number of halogens is 2. The largest absolute Gasteiger partial charge is 0.284 e. The molecule has 0 saturated carbocycles. The molecule has 1 amide bonds. The summed E-state index contributed by atoms with van der Waals surface area (Å²) in [5.41, 5.74) is 0.928. The van der Waals surface area contributed by atoms with Gasteiger partial charge in [0.25, 0.3) is 5.91 Å². The lowest BCUT2D eigenvalue weighted by Gasteiger charge is -2.16. The zero-order valence-electron chi connectivity index (χ0n) is 11.0. The molecule has 3 nitrogen and oxygen atoms in total. The van der Waals surface area contributed by atoms with Crippen LogP contribution in [0.25, 0.3) is 10.2 Å². The van der Waals surface area contributed by atoms with Gasteiger partial charge in [-0.3, -0.25) is 9.69 Å². The first-order chi connectivity index (χ1) is 10.1. The molecule has 108 valence electrons. The van der Waals surface area contributed by atoms with Gasteiger partial charge in [-0.25, -0.2) is 4.98 Å². The summed E-state index contributed by atoms with van der Waals surface area (Å²) in [5, 5.41) is 0.740. The second-order valence-corrected chi connectivity index (χ2v) is 8.48. The van der Waals surface area contributed by atoms with E-state index in [1.807, 2.05) is 37.3 Å². The van der Waals surface area contributed by atoms with Crippen LogP contribution in [0.15, 0.2) is 38.6 Å². The molecular weight excluding hydrogens is 436 g/mol. The van der Waals surface area contributed by atoms with Crippen molar-refractivity contribution in [2.45, 2.75) is 6.92 Å². The second-order valence-electron chi connectivity index (χ2n) is 4.25. The number of benzene rings is 1. The lowest BCUT2D eigenvalue weighted by molar-refractivity contribution is 0.0992. The van der Waals surface area contributed by atoms with Crippen molar-refractivity contribution in [2.24, 2.45) is 0 Å². The first-order valence-corrected chi connectivity index (χ1v) is 9.44. The zero-order chi connectivity index (χ0) is 15.0. The molecule has 0 fully saturated rings. The van der Waals surface area contributed by atoms with Gasteiger partial charge in [0.05, 0.1) is 18.9 Å². The molecule has 0 aliphatic carbocycles. The Kier molecular flexibility index (Phi) is 4.44. The summed E-state index contributed by atoms with van der Waals surface area (Å²) in [7, 11) is 0. The van der Waals surface area contributed by atoms with Gasteiger partial charge in [0.2, 0.25) is 0 Å². The molecule has 2 aromatic heterocycles. The first-order valence-electron chi connectivity index (χ1n) is 6.22. The van der Waals surface area contributed by atoms with Gasteiger partial charge in [-0.1, -0.05) is 23.5 Å². The predicted octanol–water partition coefficient (Wildman–Crippen LogP) is 5.55. The molecule has 2 heterocycles. The summed E-state index contributed by atoms with van der Waals surface area (Å²) in [5.74, 6) is -0.0204. The Morgan fingerprint density at radius 1 is 1.29 bits per heavy atom. The van der Waals surface area contributed by atoms with Gasteiger partial charge >= 0.3 is 0 Å². The molecule has 0 atom stereocenters. The van der Waals surface area contributed by atoms with E-state index < -0.39 is 0 Å². The third-order valence-corrected chi connectivity index (χ3v) is 7.23. The number of anilines is 1. The van der Waals surface area contributed by atoms with Gasteiger partial charge in [-0.15, -0.1) is 11.3 Å². The number of carbonyl (C=O) groups excluding carboxylic acids is 1. The number of para-hydroxylation sites is 1. The third kappa shape index (κ3) is 2.92. The van der Waals surface area contributed by atoms with E-state index in [1.165, 1.54) is 22.7 Å². The van der Waals surface area contributed by atoms with E-state index in [4.69, 9.17) is 0 Å². The number of aromatic nitrogens is 1. The fourth-order valence-electron chi connectivity index (χ4n) is 1.93. The Morgan fingerprint density at radius 3 is 2.67 bits per heavy atom. The van der Waals surface area contributed by atoms with Crippen LogP contribution in [0.1, 0.15) is 16.6 Å². The van der Waals surface area contributed by atoms with E-state index in [1.54, 1.807) is 4.90 Å². The molecule has 0 aliphatic heterocycles. The topological polar surface area (TPSA) is 33.2 Å². The molecule has 3 aromatic rings. The van der Waals surface area contributed by atoms with Gasteiger partial charge < -0.3 is 0 Å². The van der Waals surface area contributed by atoms with Gasteiger partial charge in [0, 0.05) is 11.0 Å². The molecule has 0 saturated heterocycles. The average Bonchev–Trinajstić information content (AvgIpc) is 3.03. The normalized spacial score (nSPS) is 11.0. The number of nitrogens with zero attached hydrogens (tertiary/aromatic N) is 2. The van der Waals surface area contributed by atoms with Gasteiger partial charge in [-0.2, -0.15) is 0 Å². The van der Waals surface area contributed by atoms with Crippen LogP contribution in [0, 0.1) is 0 Å². The molecule has 0 aliphatic rings. The number of fused-ring (bicyclic) bond motifs is 1. The minimum Gasteiger partial charge on any atom is -0.284 e. The summed E-state index contributed by atoms with van der Waals surface area (Å²) in [6.45, 7) is 2.55. The minimum absolute atomic E-state index is 0.0204. The van der Waals surface area contributed by atoms with Gasteiger partial charge in [-0.05, 0) is 57.0 Å². The Labute approximate surface area is 146 Å². The highest BCUT2D eigenvalue weighted by atomic mass is 79.9. The summed E-state index contributed by atoms with van der Waals surface area (Å²) >= 11 is 9.81. The number of amides is 1. The van der Waals surface area contributed by atoms with Crippen molar-refractivity contribution in [1.82, 2.24) is 4.98 Å². The maximum Gasteiger partial charge on any atom is 0.270 e. The summed E-state index contributed by atoms with van der Waals surface area (Å²) in [6.07, 6.45) is 0. The van der Waals surface area contributed by atoms with Crippen LogP contribution in [0.4, 0.5) is 5.13 Å². The van der Waals surface area contributed by atoms with Crippen LogP contribution < -0.4 is 4.90 Å². The van der Waals surface area contributed by atoms with Crippen molar-refractivity contribution in [1.29, 1.82) is 0 Å². The van der Waals surface area contributed by atoms with Crippen molar-refractivity contribution in [3.63, 3.8) is 0 Å². The highest BCUT2D eigenvalue weighted by Gasteiger charge is 2.22. The predicted molar refractivity (Wildman–Crippen MR) is 96.7 cm³/mol. The molecule has 21 heavy (non-hydrogen) atoms. The average molecular weight is 446 g/mol. The van der Waals surface area contributed by atoms with Crippen LogP contribution in [0.2, 0.25) is 0 Å². The monoisotopic (exact) mass is 444 g/mol. The molecule has 0 unspecified atom stereocenters. The number of hydrogen-bond acceptors (Lipinski definition) is 4. The summed E-state index contributed by atoms with van der Waals surface area (Å²) < 4.78 is 2.91. The van der Waals surface area contributed by atoms with Crippen molar-refractivity contribution in [3.05, 3.63) is 43.5 Å². The second kappa shape index (κ2) is 6.16. The van der Waals surface area contributed by atoms with Crippen molar-refractivity contribution in [3.8, 4) is 0 Å². The molecule has 0 bridgehead atoms. The van der Waals surface area contributed by atoms with Crippen molar-refractivity contribution >= 4 is 75.8 Å². The van der Waals surface area contributed by atoms with Crippen LogP contribution >= 0.6 is 54.5 Å². The maximum absolute atomic E-state index is 12.7.